The fraction of sp³-hybridized carbons (Fsp3) is 0.400. The molecule has 1 unspecified atom stereocenters. The third-order valence-corrected chi connectivity index (χ3v) is 4.88. The number of anilines is 1. The normalized spacial score (nSPS) is 16.5. The van der Waals surface area contributed by atoms with Crippen LogP contribution < -0.4 is 10.5 Å². The molecule has 0 radical (unpaired) electrons. The second-order valence-electron chi connectivity index (χ2n) is 6.75. The van der Waals surface area contributed by atoms with E-state index < -0.39 is 6.36 Å². The number of halogens is 3. The van der Waals surface area contributed by atoms with Crippen molar-refractivity contribution >= 4 is 5.82 Å². The number of pyridine rings is 1. The van der Waals surface area contributed by atoms with E-state index in [4.69, 9.17) is 5.73 Å². The molecular weight excluding hydrogens is 355 g/mol. The molecule has 0 saturated heterocycles. The van der Waals surface area contributed by atoms with Gasteiger partial charge in [0, 0.05) is 11.3 Å². The predicted molar refractivity (Wildman–Crippen MR) is 95.9 cm³/mol. The number of hydrogen-bond acceptors (Lipinski definition) is 4. The summed E-state index contributed by atoms with van der Waals surface area (Å²) in [7, 11) is 0. The Labute approximate surface area is 155 Å². The largest absolute Gasteiger partial charge is 0.573 e. The monoisotopic (exact) mass is 375 g/mol. The topological polar surface area (TPSA) is 71.9 Å². The van der Waals surface area contributed by atoms with E-state index in [1.807, 2.05) is 0 Å². The summed E-state index contributed by atoms with van der Waals surface area (Å²) in [6.45, 7) is 2.14. The van der Waals surface area contributed by atoms with E-state index in [0.717, 1.165) is 43.4 Å². The minimum atomic E-state index is -4.74. The SMILES string of the molecule is CCCC1CCc2nc(N)c(C#N)c(-c3ccc(OC(F)(F)F)cc3)c2C1. The second kappa shape index (κ2) is 7.47. The predicted octanol–water partition coefficient (Wildman–Crippen LogP) is 5.01. The van der Waals surface area contributed by atoms with Gasteiger partial charge in [-0.05, 0) is 48.4 Å². The summed E-state index contributed by atoms with van der Waals surface area (Å²) in [6.07, 6.45) is 0.0270. The number of nitriles is 1. The molecule has 0 aliphatic heterocycles. The van der Waals surface area contributed by atoms with E-state index in [-0.39, 0.29) is 17.1 Å². The van der Waals surface area contributed by atoms with Crippen LogP contribution in [0.15, 0.2) is 24.3 Å². The summed E-state index contributed by atoms with van der Waals surface area (Å²) in [5.74, 6) is 0.367. The van der Waals surface area contributed by atoms with Crippen LogP contribution in [-0.4, -0.2) is 11.3 Å². The first kappa shape index (κ1) is 19.0. The van der Waals surface area contributed by atoms with Crippen LogP contribution >= 0.6 is 0 Å². The molecule has 1 aliphatic rings. The summed E-state index contributed by atoms with van der Waals surface area (Å²) in [4.78, 5) is 4.41. The van der Waals surface area contributed by atoms with Crippen molar-refractivity contribution in [1.29, 1.82) is 5.26 Å². The lowest BCUT2D eigenvalue weighted by molar-refractivity contribution is -0.274. The Kier molecular flexibility index (Phi) is 5.26. The number of nitrogen functional groups attached to an aromatic ring is 1. The third kappa shape index (κ3) is 4.16. The zero-order valence-electron chi connectivity index (χ0n) is 14.9. The van der Waals surface area contributed by atoms with Crippen molar-refractivity contribution in [1.82, 2.24) is 4.98 Å². The van der Waals surface area contributed by atoms with Gasteiger partial charge in [0.25, 0.3) is 0 Å². The van der Waals surface area contributed by atoms with Crippen molar-refractivity contribution in [3.05, 3.63) is 41.1 Å². The van der Waals surface area contributed by atoms with Gasteiger partial charge in [0.05, 0.1) is 0 Å². The van der Waals surface area contributed by atoms with Crippen LogP contribution in [0.5, 0.6) is 5.75 Å². The van der Waals surface area contributed by atoms with Crippen molar-refractivity contribution in [3.63, 3.8) is 0 Å². The van der Waals surface area contributed by atoms with Gasteiger partial charge in [-0.3, -0.25) is 0 Å². The molecule has 0 amide bonds. The number of benzene rings is 1. The molecule has 1 heterocycles. The summed E-state index contributed by atoms with van der Waals surface area (Å²) in [6, 6.07) is 7.67. The van der Waals surface area contributed by atoms with Crippen LogP contribution in [0.1, 0.15) is 43.0 Å². The van der Waals surface area contributed by atoms with Gasteiger partial charge < -0.3 is 10.5 Å². The molecule has 0 bridgehead atoms. The summed E-state index contributed by atoms with van der Waals surface area (Å²) in [5, 5.41) is 9.60. The smallest absolute Gasteiger partial charge is 0.406 e. The maximum atomic E-state index is 12.4. The number of aromatic nitrogens is 1. The molecule has 1 aromatic heterocycles. The van der Waals surface area contributed by atoms with Gasteiger partial charge in [-0.15, -0.1) is 13.2 Å². The fourth-order valence-corrected chi connectivity index (χ4v) is 3.76. The number of nitrogens with zero attached hydrogens (tertiary/aromatic N) is 2. The number of rotatable bonds is 4. The quantitative estimate of drug-likeness (QED) is 0.816. The number of nitrogens with two attached hydrogens (primary N) is 1. The van der Waals surface area contributed by atoms with E-state index in [1.165, 1.54) is 24.3 Å². The van der Waals surface area contributed by atoms with Gasteiger partial charge in [-0.2, -0.15) is 5.26 Å². The van der Waals surface area contributed by atoms with Gasteiger partial charge in [-0.25, -0.2) is 4.98 Å². The molecule has 142 valence electrons. The van der Waals surface area contributed by atoms with Crippen molar-refractivity contribution in [2.24, 2.45) is 5.92 Å². The fourth-order valence-electron chi connectivity index (χ4n) is 3.76. The molecule has 2 aromatic rings. The van der Waals surface area contributed by atoms with Gasteiger partial charge in [0.1, 0.15) is 23.2 Å². The number of alkyl halides is 3. The zero-order chi connectivity index (χ0) is 19.6. The maximum absolute atomic E-state index is 12.4. The van der Waals surface area contributed by atoms with Gasteiger partial charge in [-0.1, -0.05) is 31.9 Å². The molecular formula is C20H20F3N3O. The first-order chi connectivity index (χ1) is 12.8. The molecule has 4 nitrogen and oxygen atoms in total. The lowest BCUT2D eigenvalue weighted by atomic mass is 9.79. The Hall–Kier alpha value is -2.75. The summed E-state index contributed by atoms with van der Waals surface area (Å²) in [5.41, 5.74) is 9.45. The van der Waals surface area contributed by atoms with Crippen LogP contribution in [0.25, 0.3) is 11.1 Å². The maximum Gasteiger partial charge on any atom is 0.573 e. The van der Waals surface area contributed by atoms with Crippen LogP contribution in [-0.2, 0) is 12.8 Å². The minimum Gasteiger partial charge on any atom is -0.406 e. The average molecular weight is 375 g/mol. The average Bonchev–Trinajstić information content (AvgIpc) is 2.60. The van der Waals surface area contributed by atoms with E-state index in [1.54, 1.807) is 0 Å². The molecule has 2 N–H and O–H groups in total. The van der Waals surface area contributed by atoms with Crippen molar-refractivity contribution < 1.29 is 17.9 Å². The van der Waals surface area contributed by atoms with Crippen molar-refractivity contribution in [2.75, 3.05) is 5.73 Å². The molecule has 1 aliphatic carbocycles. The molecule has 0 fully saturated rings. The van der Waals surface area contributed by atoms with Gasteiger partial charge >= 0.3 is 6.36 Å². The first-order valence-electron chi connectivity index (χ1n) is 8.90. The summed E-state index contributed by atoms with van der Waals surface area (Å²) >= 11 is 0. The molecule has 7 heteroatoms. The molecule has 0 saturated carbocycles. The highest BCUT2D eigenvalue weighted by Crippen LogP contribution is 2.39. The second-order valence-corrected chi connectivity index (χ2v) is 6.75. The summed E-state index contributed by atoms with van der Waals surface area (Å²) < 4.78 is 41.1. The Balaban J connectivity index is 2.06. The van der Waals surface area contributed by atoms with E-state index in [9.17, 15) is 18.4 Å². The van der Waals surface area contributed by atoms with Crippen LogP contribution in [0.3, 0.4) is 0 Å². The highest BCUT2D eigenvalue weighted by molar-refractivity contribution is 5.79. The molecule has 1 atom stereocenters. The third-order valence-electron chi connectivity index (χ3n) is 4.88. The highest BCUT2D eigenvalue weighted by Gasteiger charge is 2.31. The Morgan fingerprint density at radius 1 is 1.30 bits per heavy atom. The highest BCUT2D eigenvalue weighted by atomic mass is 19.4. The van der Waals surface area contributed by atoms with Gasteiger partial charge in [0.2, 0.25) is 0 Å². The van der Waals surface area contributed by atoms with Crippen molar-refractivity contribution in [2.45, 2.75) is 45.4 Å². The van der Waals surface area contributed by atoms with Crippen LogP contribution in [0.4, 0.5) is 19.0 Å². The lowest BCUT2D eigenvalue weighted by Crippen LogP contribution is -2.19. The Bertz CT molecular complexity index is 870. The minimum absolute atomic E-state index is 0.163. The number of aryl methyl sites for hydroxylation is 1. The van der Waals surface area contributed by atoms with E-state index >= 15 is 0 Å². The standard InChI is InChI=1S/C20H20F3N3O/c1-2-3-12-4-9-17-15(10-12)18(16(11-24)19(25)26-17)13-5-7-14(8-6-13)27-20(21,22)23/h5-8,12H,2-4,9-10H2,1H3,(H2,25,26). The van der Waals surface area contributed by atoms with Crippen LogP contribution in [0, 0.1) is 17.2 Å². The van der Waals surface area contributed by atoms with Gasteiger partial charge in [0.15, 0.2) is 0 Å². The zero-order valence-corrected chi connectivity index (χ0v) is 14.9. The number of fused-ring (bicyclic) bond motifs is 1. The molecule has 27 heavy (non-hydrogen) atoms. The van der Waals surface area contributed by atoms with Crippen LogP contribution in [0.2, 0.25) is 0 Å². The van der Waals surface area contributed by atoms with E-state index in [0.29, 0.717) is 17.0 Å². The Morgan fingerprint density at radius 3 is 2.59 bits per heavy atom. The number of ether oxygens (including phenoxy) is 1. The number of hydrogen-bond donors (Lipinski definition) is 1. The van der Waals surface area contributed by atoms with Crippen molar-refractivity contribution in [3.8, 4) is 22.9 Å². The molecule has 1 aromatic carbocycles. The molecule has 3 rings (SSSR count). The molecule has 0 spiro atoms. The lowest BCUT2D eigenvalue weighted by Gasteiger charge is -2.27. The Morgan fingerprint density at radius 2 is 2.00 bits per heavy atom. The van der Waals surface area contributed by atoms with E-state index in [2.05, 4.69) is 22.7 Å². The first-order valence-corrected chi connectivity index (χ1v) is 8.90.